The van der Waals surface area contributed by atoms with E-state index in [1.54, 1.807) is 0 Å². The Morgan fingerprint density at radius 2 is 2.05 bits per heavy atom. The lowest BCUT2D eigenvalue weighted by molar-refractivity contribution is 0.272. The van der Waals surface area contributed by atoms with Gasteiger partial charge in [-0.1, -0.05) is 12.2 Å². The first-order chi connectivity index (χ1) is 9.31. The summed E-state index contributed by atoms with van der Waals surface area (Å²) in [7, 11) is 2.24. The molecule has 3 atom stereocenters. The fraction of sp³-hybridized carbons (Fsp3) is 0.875. The van der Waals surface area contributed by atoms with Gasteiger partial charge in [0.15, 0.2) is 0 Å². The van der Waals surface area contributed by atoms with Crippen LogP contribution in [0, 0.1) is 17.8 Å². The van der Waals surface area contributed by atoms with Crippen molar-refractivity contribution in [3.63, 3.8) is 0 Å². The average molecular weight is 263 g/mol. The molecule has 3 nitrogen and oxygen atoms in total. The molecule has 1 N–H and O–H groups in total. The van der Waals surface area contributed by atoms with Gasteiger partial charge < -0.3 is 15.1 Å². The predicted molar refractivity (Wildman–Crippen MR) is 80.3 cm³/mol. The molecule has 0 spiro atoms. The van der Waals surface area contributed by atoms with Crippen molar-refractivity contribution in [3.05, 3.63) is 12.2 Å². The minimum absolute atomic E-state index is 0.893. The monoisotopic (exact) mass is 263 g/mol. The Balaban J connectivity index is 1.29. The molecule has 1 saturated carbocycles. The summed E-state index contributed by atoms with van der Waals surface area (Å²) in [5.74, 6) is 2.73. The first-order valence-corrected chi connectivity index (χ1v) is 8.11. The molecule has 0 aromatic rings. The summed E-state index contributed by atoms with van der Waals surface area (Å²) < 4.78 is 0. The molecule has 3 heteroatoms. The van der Waals surface area contributed by atoms with Gasteiger partial charge in [0.2, 0.25) is 0 Å². The Morgan fingerprint density at radius 1 is 1.11 bits per heavy atom. The molecule has 0 radical (unpaired) electrons. The smallest absolute Gasteiger partial charge is 0.0110 e. The van der Waals surface area contributed by atoms with Crippen LogP contribution >= 0.6 is 0 Å². The second-order valence-electron chi connectivity index (χ2n) is 6.74. The first-order valence-electron chi connectivity index (χ1n) is 8.11. The lowest BCUT2D eigenvalue weighted by atomic mass is 9.94. The van der Waals surface area contributed by atoms with Crippen LogP contribution in [0.2, 0.25) is 0 Å². The van der Waals surface area contributed by atoms with E-state index in [9.17, 15) is 0 Å². The van der Waals surface area contributed by atoms with Gasteiger partial charge in [-0.3, -0.25) is 0 Å². The van der Waals surface area contributed by atoms with E-state index in [0.29, 0.717) is 0 Å². The number of nitrogens with zero attached hydrogens (tertiary/aromatic N) is 2. The van der Waals surface area contributed by atoms with Crippen LogP contribution in [0.1, 0.15) is 19.3 Å². The zero-order valence-electron chi connectivity index (χ0n) is 12.4. The van der Waals surface area contributed by atoms with E-state index in [1.165, 1.54) is 65.1 Å². The summed E-state index contributed by atoms with van der Waals surface area (Å²) in [5.41, 5.74) is 0. The molecule has 1 saturated heterocycles. The van der Waals surface area contributed by atoms with Gasteiger partial charge >= 0.3 is 0 Å². The van der Waals surface area contributed by atoms with E-state index in [1.807, 2.05) is 0 Å². The van der Waals surface area contributed by atoms with Gasteiger partial charge in [-0.2, -0.15) is 0 Å². The lowest BCUT2D eigenvalue weighted by Crippen LogP contribution is -2.36. The van der Waals surface area contributed by atoms with Crippen molar-refractivity contribution in [2.75, 3.05) is 52.9 Å². The second-order valence-corrected chi connectivity index (χ2v) is 6.74. The quantitative estimate of drug-likeness (QED) is 0.598. The molecule has 0 unspecified atom stereocenters. The molecule has 1 heterocycles. The molecule has 0 aromatic heterocycles. The highest BCUT2D eigenvalue weighted by atomic mass is 15.2. The number of hydrogen-bond acceptors (Lipinski definition) is 3. The minimum atomic E-state index is 0.893. The standard InChI is InChI=1S/C16H29N3/c1-18-6-2-7-19(10-9-18)8-5-17-13-16-12-14-3-4-15(16)11-14/h3-4,14-17H,2,5-13H2,1H3/t14-,15-,16-/m0/s1. The van der Waals surface area contributed by atoms with Crippen LogP contribution in [0.3, 0.4) is 0 Å². The van der Waals surface area contributed by atoms with E-state index >= 15 is 0 Å². The molecule has 0 aromatic carbocycles. The van der Waals surface area contributed by atoms with Gasteiger partial charge in [-0.05, 0) is 63.7 Å². The largest absolute Gasteiger partial charge is 0.315 e. The molecular formula is C16H29N3. The molecule has 1 aliphatic heterocycles. The maximum Gasteiger partial charge on any atom is 0.0110 e. The van der Waals surface area contributed by atoms with Crippen molar-refractivity contribution in [1.29, 1.82) is 0 Å². The summed E-state index contributed by atoms with van der Waals surface area (Å²) in [4.78, 5) is 5.08. The first kappa shape index (κ1) is 13.6. The Kier molecular flexibility index (Phi) is 4.57. The Bertz CT molecular complexity index is 315. The third-order valence-electron chi connectivity index (χ3n) is 5.24. The van der Waals surface area contributed by atoms with Crippen molar-refractivity contribution in [1.82, 2.24) is 15.1 Å². The van der Waals surface area contributed by atoms with Crippen molar-refractivity contribution >= 4 is 0 Å². The highest BCUT2D eigenvalue weighted by molar-refractivity contribution is 5.10. The number of allylic oxidation sites excluding steroid dienone is 2. The Morgan fingerprint density at radius 3 is 2.84 bits per heavy atom. The van der Waals surface area contributed by atoms with E-state index in [4.69, 9.17) is 0 Å². The fourth-order valence-corrected chi connectivity index (χ4v) is 3.98. The van der Waals surface area contributed by atoms with Gasteiger partial charge in [0.25, 0.3) is 0 Å². The van der Waals surface area contributed by atoms with Crippen LogP contribution < -0.4 is 5.32 Å². The van der Waals surface area contributed by atoms with Gasteiger partial charge in [0.05, 0.1) is 0 Å². The van der Waals surface area contributed by atoms with Crippen LogP contribution in [-0.4, -0.2) is 62.7 Å². The van der Waals surface area contributed by atoms with Crippen LogP contribution in [-0.2, 0) is 0 Å². The lowest BCUT2D eigenvalue weighted by Gasteiger charge is -2.22. The molecule has 2 fully saturated rings. The van der Waals surface area contributed by atoms with E-state index < -0.39 is 0 Å². The molecule has 3 rings (SSSR count). The van der Waals surface area contributed by atoms with E-state index in [0.717, 1.165) is 17.8 Å². The normalized spacial score (nSPS) is 35.9. The van der Waals surface area contributed by atoms with Crippen LogP contribution in [0.15, 0.2) is 12.2 Å². The van der Waals surface area contributed by atoms with Gasteiger partial charge in [0.1, 0.15) is 0 Å². The van der Waals surface area contributed by atoms with Gasteiger partial charge in [-0.15, -0.1) is 0 Å². The molecule has 0 amide bonds. The number of hydrogen-bond donors (Lipinski definition) is 1. The van der Waals surface area contributed by atoms with E-state index in [-0.39, 0.29) is 0 Å². The van der Waals surface area contributed by atoms with Gasteiger partial charge in [-0.25, -0.2) is 0 Å². The van der Waals surface area contributed by atoms with E-state index in [2.05, 4.69) is 34.3 Å². The van der Waals surface area contributed by atoms with Crippen LogP contribution in [0.25, 0.3) is 0 Å². The van der Waals surface area contributed by atoms with Crippen LogP contribution in [0.5, 0.6) is 0 Å². The van der Waals surface area contributed by atoms with Crippen molar-refractivity contribution in [2.45, 2.75) is 19.3 Å². The maximum absolute atomic E-state index is 3.70. The minimum Gasteiger partial charge on any atom is -0.315 e. The van der Waals surface area contributed by atoms with Crippen LogP contribution in [0.4, 0.5) is 0 Å². The summed E-state index contributed by atoms with van der Waals surface area (Å²) in [6.45, 7) is 8.65. The third kappa shape index (κ3) is 3.59. The second kappa shape index (κ2) is 6.38. The molecular weight excluding hydrogens is 234 g/mol. The summed E-state index contributed by atoms with van der Waals surface area (Å²) in [6.07, 6.45) is 9.10. The van der Waals surface area contributed by atoms with Crippen molar-refractivity contribution in [3.8, 4) is 0 Å². The third-order valence-corrected chi connectivity index (χ3v) is 5.24. The Hall–Kier alpha value is -0.380. The molecule has 2 bridgehead atoms. The zero-order valence-corrected chi connectivity index (χ0v) is 12.4. The Labute approximate surface area is 118 Å². The maximum atomic E-state index is 3.70. The fourth-order valence-electron chi connectivity index (χ4n) is 3.98. The average Bonchev–Trinajstić information content (AvgIpc) is 2.96. The summed E-state index contributed by atoms with van der Waals surface area (Å²) in [5, 5.41) is 3.70. The molecule has 2 aliphatic carbocycles. The van der Waals surface area contributed by atoms with Crippen molar-refractivity contribution < 1.29 is 0 Å². The van der Waals surface area contributed by atoms with Gasteiger partial charge in [0, 0.05) is 26.2 Å². The SMILES string of the molecule is CN1CCCN(CCNC[C@@H]2C[C@H]3C=C[C@H]2C3)CC1. The summed E-state index contributed by atoms with van der Waals surface area (Å²) >= 11 is 0. The molecule has 3 aliphatic rings. The number of likely N-dealkylation sites (N-methyl/N-ethyl adjacent to an activating group) is 1. The molecule has 108 valence electrons. The molecule has 19 heavy (non-hydrogen) atoms. The highest BCUT2D eigenvalue weighted by Crippen LogP contribution is 2.42. The van der Waals surface area contributed by atoms with Crippen molar-refractivity contribution in [2.24, 2.45) is 17.8 Å². The predicted octanol–water partition coefficient (Wildman–Crippen LogP) is 1.43. The zero-order chi connectivity index (χ0) is 13.1. The highest BCUT2D eigenvalue weighted by Gasteiger charge is 2.34. The number of fused-ring (bicyclic) bond motifs is 2. The topological polar surface area (TPSA) is 18.5 Å². The number of nitrogens with one attached hydrogen (secondary N) is 1. The number of rotatable bonds is 5. The summed E-state index contributed by atoms with van der Waals surface area (Å²) in [6, 6.07) is 0.